The predicted octanol–water partition coefficient (Wildman–Crippen LogP) is 4.62. The number of hydrogen-bond donors (Lipinski definition) is 2. The first-order valence-corrected chi connectivity index (χ1v) is 10.5. The Morgan fingerprint density at radius 1 is 1.15 bits per heavy atom. The number of nitrogens with zero attached hydrogens (tertiary/aromatic N) is 2. The molecule has 0 bridgehead atoms. The van der Waals surface area contributed by atoms with Crippen molar-refractivity contribution in [1.29, 1.82) is 0 Å². The molecule has 2 fully saturated rings. The fraction of sp³-hybridized carbons (Fsp3) is 0.444. The Kier molecular flexibility index (Phi) is 7.15. The Bertz CT molecular complexity index is 788. The van der Waals surface area contributed by atoms with Crippen molar-refractivity contribution in [3.05, 3.63) is 28.2 Å². The molecule has 1 saturated carbocycles. The molecule has 144 valence electrons. The molecule has 0 unspecified atom stereocenters. The maximum atomic E-state index is 12.2. The third-order valence-electron chi connectivity index (χ3n) is 4.31. The lowest BCUT2D eigenvalue weighted by molar-refractivity contribution is -0.122. The van der Waals surface area contributed by atoms with Gasteiger partial charge in [0, 0.05) is 17.8 Å². The Morgan fingerprint density at radius 2 is 1.89 bits per heavy atom. The summed E-state index contributed by atoms with van der Waals surface area (Å²) in [7, 11) is 0. The van der Waals surface area contributed by atoms with Crippen LogP contribution in [0.1, 0.15) is 44.9 Å². The van der Waals surface area contributed by atoms with Crippen molar-refractivity contribution in [2.75, 3.05) is 5.32 Å². The number of amides is 2. The van der Waals surface area contributed by atoms with Crippen molar-refractivity contribution in [1.82, 2.24) is 5.32 Å². The average molecular weight is 427 g/mol. The van der Waals surface area contributed by atoms with Crippen LogP contribution in [-0.4, -0.2) is 27.9 Å². The highest BCUT2D eigenvalue weighted by molar-refractivity contribution is 8.15. The van der Waals surface area contributed by atoms with Gasteiger partial charge in [0.1, 0.15) is 5.25 Å². The number of anilines is 1. The molecule has 1 aromatic carbocycles. The molecule has 1 aliphatic heterocycles. The minimum absolute atomic E-state index is 0.0341. The molecule has 0 aromatic heterocycles. The second-order valence-electron chi connectivity index (χ2n) is 6.46. The van der Waals surface area contributed by atoms with E-state index in [9.17, 15) is 9.59 Å². The Labute approximate surface area is 172 Å². The summed E-state index contributed by atoms with van der Waals surface area (Å²) >= 11 is 13.0. The monoisotopic (exact) mass is 426 g/mol. The number of hydrogen-bond acceptors (Lipinski definition) is 5. The molecule has 0 spiro atoms. The van der Waals surface area contributed by atoms with Gasteiger partial charge in [-0.2, -0.15) is 5.10 Å². The summed E-state index contributed by atoms with van der Waals surface area (Å²) in [6, 6.07) is 4.83. The van der Waals surface area contributed by atoms with E-state index < -0.39 is 5.25 Å². The lowest BCUT2D eigenvalue weighted by atomic mass is 10.2. The normalized spacial score (nSPS) is 21.7. The molecule has 1 saturated heterocycles. The molecular formula is C18H20Cl2N4O2S. The van der Waals surface area contributed by atoms with Gasteiger partial charge < -0.3 is 10.6 Å². The van der Waals surface area contributed by atoms with Gasteiger partial charge in [-0.15, -0.1) is 5.10 Å². The molecule has 1 heterocycles. The Balaban J connectivity index is 1.55. The van der Waals surface area contributed by atoms with Crippen LogP contribution in [0.15, 0.2) is 28.4 Å². The van der Waals surface area contributed by atoms with E-state index in [2.05, 4.69) is 20.8 Å². The first-order valence-electron chi connectivity index (χ1n) is 8.87. The highest BCUT2D eigenvalue weighted by Crippen LogP contribution is 2.26. The number of amidine groups is 1. The zero-order chi connectivity index (χ0) is 19.2. The van der Waals surface area contributed by atoms with Gasteiger partial charge in [0.2, 0.25) is 11.8 Å². The molecule has 27 heavy (non-hydrogen) atoms. The molecule has 0 radical (unpaired) electrons. The van der Waals surface area contributed by atoms with Crippen LogP contribution in [-0.2, 0) is 9.59 Å². The fourth-order valence-electron chi connectivity index (χ4n) is 2.89. The van der Waals surface area contributed by atoms with Crippen LogP contribution in [0.4, 0.5) is 5.69 Å². The zero-order valence-electron chi connectivity index (χ0n) is 14.6. The lowest BCUT2D eigenvalue weighted by Crippen LogP contribution is -2.28. The van der Waals surface area contributed by atoms with Crippen molar-refractivity contribution in [2.24, 2.45) is 10.2 Å². The summed E-state index contributed by atoms with van der Waals surface area (Å²) < 4.78 is 0. The van der Waals surface area contributed by atoms with Crippen LogP contribution >= 0.6 is 35.0 Å². The van der Waals surface area contributed by atoms with Crippen molar-refractivity contribution < 1.29 is 9.59 Å². The molecule has 3 rings (SSSR count). The second kappa shape index (κ2) is 9.57. The topological polar surface area (TPSA) is 82.9 Å². The van der Waals surface area contributed by atoms with Crippen molar-refractivity contribution in [3.8, 4) is 0 Å². The van der Waals surface area contributed by atoms with E-state index in [1.807, 2.05) is 0 Å². The molecule has 1 atom stereocenters. The first-order chi connectivity index (χ1) is 13.0. The highest BCUT2D eigenvalue weighted by atomic mass is 35.5. The summed E-state index contributed by atoms with van der Waals surface area (Å²) in [5, 5.41) is 14.6. The van der Waals surface area contributed by atoms with Crippen LogP contribution < -0.4 is 10.6 Å². The Morgan fingerprint density at radius 3 is 2.59 bits per heavy atom. The number of carbonyl (C=O) groups excluding carboxylic acids is 2. The van der Waals surface area contributed by atoms with Gasteiger partial charge in [0.15, 0.2) is 5.17 Å². The number of carbonyl (C=O) groups is 2. The van der Waals surface area contributed by atoms with Crippen molar-refractivity contribution >= 4 is 63.3 Å². The molecule has 2 N–H and O–H groups in total. The third-order valence-corrected chi connectivity index (χ3v) is 6.12. The summed E-state index contributed by atoms with van der Waals surface area (Å²) in [5.74, 6) is -0.513. The van der Waals surface area contributed by atoms with E-state index in [0.717, 1.165) is 31.4 Å². The van der Waals surface area contributed by atoms with E-state index >= 15 is 0 Å². The van der Waals surface area contributed by atoms with Gasteiger partial charge in [-0.25, -0.2) is 0 Å². The maximum absolute atomic E-state index is 12.2. The van der Waals surface area contributed by atoms with Crippen molar-refractivity contribution in [3.63, 3.8) is 0 Å². The molecule has 2 aliphatic rings. The fourth-order valence-corrected chi connectivity index (χ4v) is 4.11. The molecule has 6 nitrogen and oxygen atoms in total. The quantitative estimate of drug-likeness (QED) is 0.543. The predicted molar refractivity (Wildman–Crippen MR) is 112 cm³/mol. The van der Waals surface area contributed by atoms with Crippen LogP contribution in [0.25, 0.3) is 0 Å². The highest BCUT2D eigenvalue weighted by Gasteiger charge is 2.32. The van der Waals surface area contributed by atoms with E-state index in [0.29, 0.717) is 20.9 Å². The maximum Gasteiger partial charge on any atom is 0.240 e. The number of halogens is 2. The summed E-state index contributed by atoms with van der Waals surface area (Å²) in [6.07, 6.45) is 6.71. The van der Waals surface area contributed by atoms with Gasteiger partial charge in [0.25, 0.3) is 0 Å². The molecule has 2 amide bonds. The molecule has 1 aliphatic carbocycles. The summed E-state index contributed by atoms with van der Waals surface area (Å²) in [5.41, 5.74) is 1.61. The standard InChI is InChI=1S/C18H20Cl2N4O2S/c19-13-8-7-12(9-14(13)20)21-16(25)10-15-17(26)22-18(27-15)24-23-11-5-3-1-2-4-6-11/h7-9,15H,1-6,10H2,(H,21,25)(H,22,24,26)/t15-/m1/s1. The average Bonchev–Trinajstić information content (AvgIpc) is 2.83. The van der Waals surface area contributed by atoms with Crippen molar-refractivity contribution in [2.45, 2.75) is 50.2 Å². The van der Waals surface area contributed by atoms with Crippen LogP contribution in [0.5, 0.6) is 0 Å². The van der Waals surface area contributed by atoms with Crippen LogP contribution in [0.3, 0.4) is 0 Å². The van der Waals surface area contributed by atoms with Crippen LogP contribution in [0, 0.1) is 0 Å². The largest absolute Gasteiger partial charge is 0.326 e. The number of benzene rings is 1. The molecule has 1 aromatic rings. The van der Waals surface area contributed by atoms with E-state index in [1.165, 1.54) is 24.6 Å². The summed E-state index contributed by atoms with van der Waals surface area (Å²) in [4.78, 5) is 24.3. The molecule has 9 heteroatoms. The first kappa shape index (κ1) is 20.2. The van der Waals surface area contributed by atoms with E-state index in [1.54, 1.807) is 18.2 Å². The van der Waals surface area contributed by atoms with E-state index in [4.69, 9.17) is 23.2 Å². The number of rotatable bonds is 4. The second-order valence-corrected chi connectivity index (χ2v) is 8.47. The SMILES string of the molecule is O=C(C[C@H]1S/C(=N/N=C2CCCCCC2)NC1=O)Nc1ccc(Cl)c(Cl)c1. The van der Waals surface area contributed by atoms with Gasteiger partial charge >= 0.3 is 0 Å². The van der Waals surface area contributed by atoms with Gasteiger partial charge in [-0.05, 0) is 43.9 Å². The zero-order valence-corrected chi connectivity index (χ0v) is 17.0. The van der Waals surface area contributed by atoms with E-state index in [-0.39, 0.29) is 18.2 Å². The molecular weight excluding hydrogens is 407 g/mol. The smallest absolute Gasteiger partial charge is 0.240 e. The van der Waals surface area contributed by atoms with Gasteiger partial charge in [0.05, 0.1) is 10.0 Å². The Hall–Kier alpha value is -1.57. The van der Waals surface area contributed by atoms with Gasteiger partial charge in [-0.3, -0.25) is 9.59 Å². The number of nitrogens with one attached hydrogen (secondary N) is 2. The van der Waals surface area contributed by atoms with Crippen LogP contribution in [0.2, 0.25) is 10.0 Å². The summed E-state index contributed by atoms with van der Waals surface area (Å²) in [6.45, 7) is 0. The van der Waals surface area contributed by atoms with Gasteiger partial charge in [-0.1, -0.05) is 47.8 Å². The lowest BCUT2D eigenvalue weighted by Gasteiger charge is -2.08. The third kappa shape index (κ3) is 5.96. The number of thioether (sulfide) groups is 1. The minimum Gasteiger partial charge on any atom is -0.326 e. The minimum atomic E-state index is -0.527.